The molecule has 0 bridgehead atoms. The molecule has 1 N–H and O–H groups in total. The Morgan fingerprint density at radius 2 is 1.69 bits per heavy atom. The SMILES string of the molecule is COc1ccc(C(=O)CCC(=O)N2CC[C@@H]3CNC[C@@H]3CC2)cc1OC. The lowest BCUT2D eigenvalue weighted by Gasteiger charge is -2.20. The van der Waals surface area contributed by atoms with E-state index in [0.29, 0.717) is 28.9 Å². The maximum Gasteiger partial charge on any atom is 0.223 e. The van der Waals surface area contributed by atoms with E-state index < -0.39 is 0 Å². The molecule has 2 aliphatic rings. The molecule has 6 nitrogen and oxygen atoms in total. The van der Waals surface area contributed by atoms with Crippen LogP contribution >= 0.6 is 0 Å². The summed E-state index contributed by atoms with van der Waals surface area (Å²) < 4.78 is 10.4. The number of fused-ring (bicyclic) bond motifs is 1. The van der Waals surface area contributed by atoms with Crippen molar-refractivity contribution in [1.29, 1.82) is 0 Å². The molecule has 2 saturated heterocycles. The van der Waals surface area contributed by atoms with Crippen molar-refractivity contribution in [3.63, 3.8) is 0 Å². The maximum absolute atomic E-state index is 12.5. The van der Waals surface area contributed by atoms with Crippen molar-refractivity contribution in [2.75, 3.05) is 40.4 Å². The molecule has 2 aliphatic heterocycles. The van der Waals surface area contributed by atoms with Gasteiger partial charge in [-0.15, -0.1) is 0 Å². The van der Waals surface area contributed by atoms with Crippen LogP contribution in [0.4, 0.5) is 0 Å². The van der Waals surface area contributed by atoms with Crippen LogP contribution in [0, 0.1) is 11.8 Å². The van der Waals surface area contributed by atoms with Crippen LogP contribution in [0.15, 0.2) is 18.2 Å². The van der Waals surface area contributed by atoms with E-state index in [1.807, 2.05) is 4.90 Å². The number of nitrogens with zero attached hydrogens (tertiary/aromatic N) is 1. The lowest BCUT2D eigenvalue weighted by Crippen LogP contribution is -2.32. The van der Waals surface area contributed by atoms with Crippen LogP contribution in [0.5, 0.6) is 11.5 Å². The molecule has 3 rings (SSSR count). The number of hydrogen-bond donors (Lipinski definition) is 1. The van der Waals surface area contributed by atoms with Gasteiger partial charge in [0.15, 0.2) is 17.3 Å². The molecule has 0 spiro atoms. The highest BCUT2D eigenvalue weighted by atomic mass is 16.5. The van der Waals surface area contributed by atoms with Crippen LogP contribution in [-0.4, -0.2) is 57.0 Å². The first-order chi connectivity index (χ1) is 12.6. The van der Waals surface area contributed by atoms with Crippen molar-refractivity contribution in [2.45, 2.75) is 25.7 Å². The van der Waals surface area contributed by atoms with Gasteiger partial charge in [-0.3, -0.25) is 9.59 Å². The van der Waals surface area contributed by atoms with E-state index in [0.717, 1.165) is 39.0 Å². The van der Waals surface area contributed by atoms with Crippen LogP contribution in [0.3, 0.4) is 0 Å². The Morgan fingerprint density at radius 1 is 1.04 bits per heavy atom. The highest BCUT2D eigenvalue weighted by Crippen LogP contribution is 2.29. The molecule has 6 heteroatoms. The summed E-state index contributed by atoms with van der Waals surface area (Å²) in [6.07, 6.45) is 2.61. The molecule has 0 saturated carbocycles. The first-order valence-electron chi connectivity index (χ1n) is 9.36. The van der Waals surface area contributed by atoms with Crippen molar-refractivity contribution in [3.05, 3.63) is 23.8 Å². The number of likely N-dealkylation sites (tertiary alicyclic amines) is 1. The Hall–Kier alpha value is -2.08. The van der Waals surface area contributed by atoms with E-state index >= 15 is 0 Å². The fourth-order valence-electron chi connectivity index (χ4n) is 4.00. The minimum Gasteiger partial charge on any atom is -0.493 e. The van der Waals surface area contributed by atoms with Gasteiger partial charge >= 0.3 is 0 Å². The van der Waals surface area contributed by atoms with Gasteiger partial charge in [-0.25, -0.2) is 0 Å². The first kappa shape index (κ1) is 18.7. The van der Waals surface area contributed by atoms with Gasteiger partial charge in [0.2, 0.25) is 5.91 Å². The lowest BCUT2D eigenvalue weighted by molar-refractivity contribution is -0.131. The number of methoxy groups -OCH3 is 2. The zero-order valence-electron chi connectivity index (χ0n) is 15.6. The van der Waals surface area contributed by atoms with Crippen molar-refractivity contribution in [2.24, 2.45) is 11.8 Å². The maximum atomic E-state index is 12.5. The van der Waals surface area contributed by atoms with Gasteiger partial charge in [0, 0.05) is 31.5 Å². The standard InChI is InChI=1S/C20H28N2O4/c1-25-18-5-3-14(11-19(18)26-2)17(23)4-6-20(24)22-9-7-15-12-21-13-16(15)8-10-22/h3,5,11,15-16,21H,4,6-10,12-13H2,1-2H3/t15-,16+. The molecule has 26 heavy (non-hydrogen) atoms. The lowest BCUT2D eigenvalue weighted by atomic mass is 9.92. The summed E-state index contributed by atoms with van der Waals surface area (Å²) in [7, 11) is 3.10. The summed E-state index contributed by atoms with van der Waals surface area (Å²) in [5.41, 5.74) is 0.548. The average molecular weight is 360 g/mol. The number of benzene rings is 1. The Balaban J connectivity index is 1.53. The fourth-order valence-corrected chi connectivity index (χ4v) is 4.00. The Labute approximate surface area is 154 Å². The number of rotatable bonds is 6. The third kappa shape index (κ3) is 4.18. The number of amides is 1. The van der Waals surface area contributed by atoms with Gasteiger partial charge in [-0.05, 0) is 56.0 Å². The molecule has 0 aromatic heterocycles. The highest BCUT2D eigenvalue weighted by molar-refractivity contribution is 5.98. The van der Waals surface area contributed by atoms with Crippen LogP contribution in [0.1, 0.15) is 36.0 Å². The van der Waals surface area contributed by atoms with Crippen LogP contribution < -0.4 is 14.8 Å². The topological polar surface area (TPSA) is 67.9 Å². The summed E-state index contributed by atoms with van der Waals surface area (Å²) in [6.45, 7) is 3.77. The van der Waals surface area contributed by atoms with E-state index in [1.165, 1.54) is 0 Å². The second-order valence-electron chi connectivity index (χ2n) is 7.13. The van der Waals surface area contributed by atoms with E-state index in [4.69, 9.17) is 9.47 Å². The van der Waals surface area contributed by atoms with Crippen LogP contribution in [0.25, 0.3) is 0 Å². The Bertz CT molecular complexity index is 647. The summed E-state index contributed by atoms with van der Waals surface area (Å²) in [5.74, 6) is 2.55. The molecule has 0 unspecified atom stereocenters. The van der Waals surface area contributed by atoms with E-state index in [1.54, 1.807) is 32.4 Å². The third-order valence-corrected chi connectivity index (χ3v) is 5.64. The fraction of sp³-hybridized carbons (Fsp3) is 0.600. The summed E-state index contributed by atoms with van der Waals surface area (Å²) in [6, 6.07) is 5.11. The number of Topliss-reactive ketones (excluding diaryl/α,β-unsaturated/α-hetero) is 1. The average Bonchev–Trinajstić information content (AvgIpc) is 3.03. The molecule has 2 fully saturated rings. The van der Waals surface area contributed by atoms with E-state index in [9.17, 15) is 9.59 Å². The van der Waals surface area contributed by atoms with Gasteiger partial charge in [-0.1, -0.05) is 0 Å². The number of nitrogens with one attached hydrogen (secondary N) is 1. The summed E-state index contributed by atoms with van der Waals surface area (Å²) in [5, 5.41) is 3.44. The summed E-state index contributed by atoms with van der Waals surface area (Å²) >= 11 is 0. The number of carbonyl (C=O) groups excluding carboxylic acids is 2. The van der Waals surface area contributed by atoms with Gasteiger partial charge in [0.05, 0.1) is 14.2 Å². The number of hydrogen-bond acceptors (Lipinski definition) is 5. The first-order valence-corrected chi connectivity index (χ1v) is 9.36. The minimum absolute atomic E-state index is 0.0461. The quantitative estimate of drug-likeness (QED) is 0.787. The van der Waals surface area contributed by atoms with Gasteiger partial charge in [-0.2, -0.15) is 0 Å². The molecule has 1 aromatic rings. The molecular formula is C20H28N2O4. The zero-order valence-corrected chi connectivity index (χ0v) is 15.6. The van der Waals surface area contributed by atoms with Crippen molar-refractivity contribution in [3.8, 4) is 11.5 Å². The Morgan fingerprint density at radius 3 is 2.31 bits per heavy atom. The molecular weight excluding hydrogens is 332 g/mol. The van der Waals surface area contributed by atoms with E-state index in [2.05, 4.69) is 5.32 Å². The van der Waals surface area contributed by atoms with Crippen LogP contribution in [0.2, 0.25) is 0 Å². The normalized spacial score (nSPS) is 22.5. The van der Waals surface area contributed by atoms with Gasteiger partial charge < -0.3 is 19.7 Å². The minimum atomic E-state index is -0.0461. The second kappa shape index (κ2) is 8.54. The predicted octanol–water partition coefficient (Wildman–Crippen LogP) is 2.12. The van der Waals surface area contributed by atoms with Gasteiger partial charge in [0.25, 0.3) is 0 Å². The number of ether oxygens (including phenoxy) is 2. The monoisotopic (exact) mass is 360 g/mol. The molecule has 1 amide bonds. The van der Waals surface area contributed by atoms with Crippen molar-refractivity contribution < 1.29 is 19.1 Å². The molecule has 2 atom stereocenters. The predicted molar refractivity (Wildman–Crippen MR) is 98.8 cm³/mol. The smallest absolute Gasteiger partial charge is 0.223 e. The van der Waals surface area contributed by atoms with Crippen LogP contribution in [-0.2, 0) is 4.79 Å². The number of ketones is 1. The third-order valence-electron chi connectivity index (χ3n) is 5.64. The zero-order chi connectivity index (χ0) is 18.5. The largest absolute Gasteiger partial charge is 0.493 e. The Kier molecular flexibility index (Phi) is 6.14. The van der Waals surface area contributed by atoms with Crippen molar-refractivity contribution >= 4 is 11.7 Å². The van der Waals surface area contributed by atoms with E-state index in [-0.39, 0.29) is 24.5 Å². The molecule has 0 radical (unpaired) electrons. The summed E-state index contributed by atoms with van der Waals surface area (Å²) in [4.78, 5) is 26.9. The second-order valence-corrected chi connectivity index (χ2v) is 7.13. The van der Waals surface area contributed by atoms with Crippen molar-refractivity contribution in [1.82, 2.24) is 10.2 Å². The molecule has 142 valence electrons. The van der Waals surface area contributed by atoms with Gasteiger partial charge in [0.1, 0.15) is 0 Å². The molecule has 2 heterocycles. The number of carbonyl (C=O) groups is 2. The molecule has 0 aliphatic carbocycles. The highest BCUT2D eigenvalue weighted by Gasteiger charge is 2.31. The molecule has 1 aromatic carbocycles.